The highest BCUT2D eigenvalue weighted by Gasteiger charge is 2.09. The van der Waals surface area contributed by atoms with Crippen LogP contribution in [-0.4, -0.2) is 26.0 Å². The van der Waals surface area contributed by atoms with E-state index in [1.54, 1.807) is 23.5 Å². The van der Waals surface area contributed by atoms with Crippen LogP contribution in [0.25, 0.3) is 10.4 Å². The van der Waals surface area contributed by atoms with Gasteiger partial charge in [-0.3, -0.25) is 4.79 Å². The molecule has 2 aromatic rings. The Morgan fingerprint density at radius 2 is 2.21 bits per heavy atom. The number of hydrogen-bond donors (Lipinski definition) is 0. The molecule has 0 atom stereocenters. The Balaban J connectivity index is 2.22. The van der Waals surface area contributed by atoms with Crippen molar-refractivity contribution < 1.29 is 19.1 Å². The van der Waals surface area contributed by atoms with Crippen LogP contribution in [0.3, 0.4) is 0 Å². The molecule has 0 aliphatic rings. The highest BCUT2D eigenvalue weighted by molar-refractivity contribution is 7.13. The van der Waals surface area contributed by atoms with Crippen molar-refractivity contribution in [2.75, 3.05) is 13.7 Å². The molecule has 0 saturated heterocycles. The number of aldehydes is 1. The molecule has 0 aliphatic carbocycles. The number of carbonyl (C=O) groups excluding carboxylic acids is 2. The molecule has 0 saturated carbocycles. The van der Waals surface area contributed by atoms with Gasteiger partial charge in [0.2, 0.25) is 0 Å². The van der Waals surface area contributed by atoms with Crippen molar-refractivity contribution in [2.24, 2.45) is 0 Å². The summed E-state index contributed by atoms with van der Waals surface area (Å²) in [6.45, 7) is -0.213. The second-order valence-electron chi connectivity index (χ2n) is 3.71. The van der Waals surface area contributed by atoms with Gasteiger partial charge in [-0.15, -0.1) is 11.3 Å². The molecule has 19 heavy (non-hydrogen) atoms. The summed E-state index contributed by atoms with van der Waals surface area (Å²) in [6, 6.07) is 9.20. The molecule has 0 radical (unpaired) electrons. The summed E-state index contributed by atoms with van der Waals surface area (Å²) in [5, 5.41) is 1.97. The summed E-state index contributed by atoms with van der Waals surface area (Å²) in [6.07, 6.45) is 0.712. The maximum atomic E-state index is 11.1. The first-order chi connectivity index (χ1) is 9.24. The van der Waals surface area contributed by atoms with Gasteiger partial charge >= 0.3 is 5.97 Å². The first kappa shape index (κ1) is 13.3. The van der Waals surface area contributed by atoms with E-state index >= 15 is 0 Å². The number of esters is 1. The molecular weight excluding hydrogens is 264 g/mol. The molecule has 0 aliphatic heterocycles. The molecule has 0 N–H and O–H groups in total. The highest BCUT2D eigenvalue weighted by Crippen LogP contribution is 2.28. The lowest BCUT2D eigenvalue weighted by atomic mass is 10.1. The van der Waals surface area contributed by atoms with Crippen molar-refractivity contribution in [3.05, 3.63) is 41.3 Å². The maximum absolute atomic E-state index is 11.1. The van der Waals surface area contributed by atoms with E-state index in [0.29, 0.717) is 17.6 Å². The number of benzene rings is 1. The van der Waals surface area contributed by atoms with E-state index in [-0.39, 0.29) is 6.61 Å². The Morgan fingerprint density at radius 3 is 2.84 bits per heavy atom. The smallest absolute Gasteiger partial charge is 0.343 e. The van der Waals surface area contributed by atoms with Crippen LogP contribution in [0.1, 0.15) is 10.4 Å². The Morgan fingerprint density at radius 1 is 1.37 bits per heavy atom. The number of rotatable bonds is 5. The van der Waals surface area contributed by atoms with Gasteiger partial charge in [-0.25, -0.2) is 4.79 Å². The van der Waals surface area contributed by atoms with Crippen LogP contribution in [-0.2, 0) is 9.53 Å². The molecule has 0 unspecified atom stereocenters. The van der Waals surface area contributed by atoms with Crippen molar-refractivity contribution in [3.8, 4) is 16.2 Å². The Bertz CT molecular complexity index is 575. The van der Waals surface area contributed by atoms with Crippen molar-refractivity contribution >= 4 is 23.6 Å². The minimum absolute atomic E-state index is 0.213. The van der Waals surface area contributed by atoms with Crippen LogP contribution in [0, 0.1) is 0 Å². The topological polar surface area (TPSA) is 52.6 Å². The zero-order valence-corrected chi connectivity index (χ0v) is 11.1. The quantitative estimate of drug-likeness (QED) is 0.622. The van der Waals surface area contributed by atoms with Crippen LogP contribution in [0.4, 0.5) is 0 Å². The largest absolute Gasteiger partial charge is 0.481 e. The van der Waals surface area contributed by atoms with Gasteiger partial charge in [-0.2, -0.15) is 0 Å². The van der Waals surface area contributed by atoms with E-state index in [0.717, 1.165) is 10.4 Å². The number of thiophene rings is 1. The monoisotopic (exact) mass is 276 g/mol. The summed E-state index contributed by atoms with van der Waals surface area (Å²) in [7, 11) is 1.28. The molecule has 1 heterocycles. The van der Waals surface area contributed by atoms with Gasteiger partial charge in [-0.05, 0) is 35.2 Å². The predicted octanol–water partition coefficient (Wildman–Crippen LogP) is 2.78. The van der Waals surface area contributed by atoms with E-state index in [1.165, 1.54) is 7.11 Å². The van der Waals surface area contributed by atoms with Crippen LogP contribution in [0.15, 0.2) is 35.7 Å². The second-order valence-corrected chi connectivity index (χ2v) is 4.66. The zero-order valence-electron chi connectivity index (χ0n) is 10.3. The van der Waals surface area contributed by atoms with Gasteiger partial charge in [0.15, 0.2) is 12.9 Å². The molecular formula is C14H12O4S. The number of ether oxygens (including phenoxy) is 2. The lowest BCUT2D eigenvalue weighted by Gasteiger charge is -2.08. The molecule has 1 aromatic heterocycles. The Kier molecular flexibility index (Phi) is 4.30. The lowest BCUT2D eigenvalue weighted by molar-refractivity contribution is -0.142. The van der Waals surface area contributed by atoms with E-state index in [2.05, 4.69) is 4.74 Å². The third kappa shape index (κ3) is 3.20. The number of carbonyl (C=O) groups is 2. The molecule has 0 fully saturated rings. The first-order valence-electron chi connectivity index (χ1n) is 5.57. The van der Waals surface area contributed by atoms with Crippen molar-refractivity contribution in [2.45, 2.75) is 0 Å². The van der Waals surface area contributed by atoms with Crippen molar-refractivity contribution in [1.82, 2.24) is 0 Å². The molecule has 5 heteroatoms. The summed E-state index contributed by atoms with van der Waals surface area (Å²) in [4.78, 5) is 23.1. The summed E-state index contributed by atoms with van der Waals surface area (Å²) >= 11 is 1.59. The molecule has 0 spiro atoms. The van der Waals surface area contributed by atoms with Gasteiger partial charge in [0, 0.05) is 4.88 Å². The average Bonchev–Trinajstić information content (AvgIpc) is 2.98. The third-order valence-corrected chi connectivity index (χ3v) is 3.43. The van der Waals surface area contributed by atoms with Crippen LogP contribution < -0.4 is 4.74 Å². The maximum Gasteiger partial charge on any atom is 0.343 e. The molecule has 1 aromatic carbocycles. The van der Waals surface area contributed by atoms with Crippen LogP contribution in [0.2, 0.25) is 0 Å². The van der Waals surface area contributed by atoms with E-state index in [9.17, 15) is 9.59 Å². The zero-order chi connectivity index (χ0) is 13.7. The standard InChI is InChI=1S/C14H12O4S/c1-17-14(16)9-18-12-5-4-10(7-11(12)8-15)13-3-2-6-19-13/h2-8H,9H2,1H3. The van der Waals surface area contributed by atoms with Gasteiger partial charge in [0.05, 0.1) is 12.7 Å². The normalized spacial score (nSPS) is 9.95. The minimum atomic E-state index is -0.487. The summed E-state index contributed by atoms with van der Waals surface area (Å²) < 4.78 is 9.73. The van der Waals surface area contributed by atoms with E-state index < -0.39 is 5.97 Å². The molecule has 0 amide bonds. The SMILES string of the molecule is COC(=O)COc1ccc(-c2cccs2)cc1C=O. The third-order valence-electron chi connectivity index (χ3n) is 2.52. The van der Waals surface area contributed by atoms with Crippen molar-refractivity contribution in [1.29, 1.82) is 0 Å². The molecule has 4 nitrogen and oxygen atoms in total. The highest BCUT2D eigenvalue weighted by atomic mass is 32.1. The number of methoxy groups -OCH3 is 1. The Labute approximate surface area is 114 Å². The van der Waals surface area contributed by atoms with Gasteiger partial charge in [0.1, 0.15) is 5.75 Å². The number of hydrogen-bond acceptors (Lipinski definition) is 5. The fraction of sp³-hybridized carbons (Fsp3) is 0.143. The lowest BCUT2D eigenvalue weighted by Crippen LogP contribution is -2.13. The molecule has 2 rings (SSSR count). The fourth-order valence-corrected chi connectivity index (χ4v) is 2.29. The second kappa shape index (κ2) is 6.15. The van der Waals surface area contributed by atoms with Crippen molar-refractivity contribution in [3.63, 3.8) is 0 Å². The fourth-order valence-electron chi connectivity index (χ4n) is 1.56. The first-order valence-corrected chi connectivity index (χ1v) is 6.45. The summed E-state index contributed by atoms with van der Waals surface area (Å²) in [5.41, 5.74) is 1.36. The average molecular weight is 276 g/mol. The van der Waals surface area contributed by atoms with Gasteiger partial charge < -0.3 is 9.47 Å². The predicted molar refractivity (Wildman–Crippen MR) is 72.7 cm³/mol. The molecule has 0 bridgehead atoms. The van der Waals surface area contributed by atoms with E-state index in [4.69, 9.17) is 4.74 Å². The van der Waals surface area contributed by atoms with E-state index in [1.807, 2.05) is 23.6 Å². The Hall–Kier alpha value is -2.14. The van der Waals surface area contributed by atoms with Gasteiger partial charge in [-0.1, -0.05) is 6.07 Å². The van der Waals surface area contributed by atoms with Crippen LogP contribution in [0.5, 0.6) is 5.75 Å². The minimum Gasteiger partial charge on any atom is -0.481 e. The van der Waals surface area contributed by atoms with Crippen LogP contribution >= 0.6 is 11.3 Å². The summed E-state index contributed by atoms with van der Waals surface area (Å²) in [5.74, 6) is -0.111. The molecule has 98 valence electrons. The van der Waals surface area contributed by atoms with Gasteiger partial charge in [0.25, 0.3) is 0 Å².